The van der Waals surface area contributed by atoms with E-state index in [0.29, 0.717) is 61.6 Å². The fourth-order valence-electron chi connectivity index (χ4n) is 3.36. The summed E-state index contributed by atoms with van der Waals surface area (Å²) in [6.07, 6.45) is 0. The van der Waals surface area contributed by atoms with Crippen molar-refractivity contribution in [3.8, 4) is 5.75 Å². The van der Waals surface area contributed by atoms with Gasteiger partial charge in [0.1, 0.15) is 11.3 Å². The maximum absolute atomic E-state index is 12.9. The van der Waals surface area contributed by atoms with Crippen molar-refractivity contribution in [2.24, 2.45) is 0 Å². The van der Waals surface area contributed by atoms with Crippen molar-refractivity contribution >= 4 is 32.7 Å². The minimum absolute atomic E-state index is 0.283. The van der Waals surface area contributed by atoms with Gasteiger partial charge in [-0.2, -0.15) is 4.31 Å². The van der Waals surface area contributed by atoms with E-state index in [0.717, 1.165) is 5.52 Å². The van der Waals surface area contributed by atoms with Crippen molar-refractivity contribution in [2.45, 2.75) is 18.4 Å². The number of rotatable bonds is 6. The molecule has 0 saturated carbocycles. The van der Waals surface area contributed by atoms with Crippen LogP contribution in [0.3, 0.4) is 0 Å². The van der Waals surface area contributed by atoms with Crippen molar-refractivity contribution in [2.75, 3.05) is 32.8 Å². The van der Waals surface area contributed by atoms with Crippen LogP contribution < -0.4 is 4.74 Å². The van der Waals surface area contributed by atoms with Crippen LogP contribution in [0.25, 0.3) is 11.1 Å². The molecule has 154 valence electrons. The van der Waals surface area contributed by atoms with Crippen molar-refractivity contribution in [1.82, 2.24) is 14.2 Å². The first-order chi connectivity index (χ1) is 14.0. The molecule has 1 fully saturated rings. The Morgan fingerprint density at radius 2 is 1.83 bits per heavy atom. The fourth-order valence-corrected chi connectivity index (χ4v) is 4.94. The Morgan fingerprint density at radius 1 is 1.10 bits per heavy atom. The van der Waals surface area contributed by atoms with Gasteiger partial charge in [-0.25, -0.2) is 13.4 Å². The number of fused-ring (bicyclic) bond motifs is 1. The molecule has 1 saturated heterocycles. The number of nitrogens with zero attached hydrogens (tertiary/aromatic N) is 3. The molecule has 1 aromatic heterocycles. The monoisotopic (exact) mass is 435 g/mol. The quantitative estimate of drug-likeness (QED) is 0.590. The molecule has 29 heavy (non-hydrogen) atoms. The number of hydrogen-bond donors (Lipinski definition) is 0. The van der Waals surface area contributed by atoms with Gasteiger partial charge in [-0.1, -0.05) is 11.6 Å². The summed E-state index contributed by atoms with van der Waals surface area (Å²) < 4.78 is 38.5. The molecule has 0 atom stereocenters. The zero-order valence-corrected chi connectivity index (χ0v) is 17.6. The zero-order valence-electron chi connectivity index (χ0n) is 16.0. The summed E-state index contributed by atoms with van der Waals surface area (Å²) in [5, 5.41) is 0.605. The van der Waals surface area contributed by atoms with Crippen molar-refractivity contribution in [3.63, 3.8) is 0 Å². The Hall–Kier alpha value is -2.13. The van der Waals surface area contributed by atoms with Crippen LogP contribution in [-0.2, 0) is 16.6 Å². The normalized spacial score (nSPS) is 16.3. The number of oxazole rings is 1. The number of piperazine rings is 1. The van der Waals surface area contributed by atoms with Gasteiger partial charge in [0.2, 0.25) is 15.9 Å². The minimum atomic E-state index is -3.52. The highest BCUT2D eigenvalue weighted by Gasteiger charge is 2.29. The molecular formula is C20H22ClN3O4S. The first-order valence-electron chi connectivity index (χ1n) is 9.46. The Bertz CT molecular complexity index is 1090. The smallest absolute Gasteiger partial charge is 0.243 e. The van der Waals surface area contributed by atoms with Gasteiger partial charge < -0.3 is 9.15 Å². The average Bonchev–Trinajstić information content (AvgIpc) is 3.10. The SMILES string of the molecule is CCOc1ccc(S(=O)(=O)N2CCN(Cc3nc4ccc(Cl)cc4o3)CC2)cc1. The van der Waals surface area contributed by atoms with Crippen molar-refractivity contribution < 1.29 is 17.6 Å². The van der Waals surface area contributed by atoms with Crippen LogP contribution in [0.15, 0.2) is 51.8 Å². The van der Waals surface area contributed by atoms with Crippen molar-refractivity contribution in [3.05, 3.63) is 53.4 Å². The number of halogens is 1. The number of benzene rings is 2. The van der Waals surface area contributed by atoms with Crippen LogP contribution >= 0.6 is 11.6 Å². The molecule has 7 nitrogen and oxygen atoms in total. The highest BCUT2D eigenvalue weighted by atomic mass is 35.5. The molecule has 0 radical (unpaired) electrons. The van der Waals surface area contributed by atoms with E-state index in [1.807, 2.05) is 13.0 Å². The summed E-state index contributed by atoms with van der Waals surface area (Å²) in [5.41, 5.74) is 1.42. The minimum Gasteiger partial charge on any atom is -0.494 e. The molecule has 2 aromatic carbocycles. The van der Waals surface area contributed by atoms with E-state index < -0.39 is 10.0 Å². The Balaban J connectivity index is 1.39. The second kappa shape index (κ2) is 8.31. The van der Waals surface area contributed by atoms with Crippen LogP contribution in [0.2, 0.25) is 5.02 Å². The van der Waals surface area contributed by atoms with Crippen LogP contribution in [0, 0.1) is 0 Å². The molecule has 1 aliphatic heterocycles. The number of ether oxygens (including phenoxy) is 1. The van der Waals surface area contributed by atoms with Gasteiger partial charge in [0.15, 0.2) is 5.58 Å². The molecule has 0 N–H and O–H groups in total. The first-order valence-corrected chi connectivity index (χ1v) is 11.3. The highest BCUT2D eigenvalue weighted by Crippen LogP contribution is 2.23. The van der Waals surface area contributed by atoms with Crippen LogP contribution in [0.1, 0.15) is 12.8 Å². The summed E-state index contributed by atoms with van der Waals surface area (Å²) in [5.74, 6) is 1.26. The molecule has 0 bridgehead atoms. The van der Waals surface area contributed by atoms with E-state index in [1.165, 1.54) is 4.31 Å². The van der Waals surface area contributed by atoms with Gasteiger partial charge in [0.25, 0.3) is 0 Å². The highest BCUT2D eigenvalue weighted by molar-refractivity contribution is 7.89. The Labute approximate surface area is 174 Å². The molecular weight excluding hydrogens is 414 g/mol. The number of aromatic nitrogens is 1. The summed E-state index contributed by atoms with van der Waals surface area (Å²) in [7, 11) is -3.52. The lowest BCUT2D eigenvalue weighted by Gasteiger charge is -2.33. The predicted molar refractivity (Wildman–Crippen MR) is 111 cm³/mol. The molecule has 0 aliphatic carbocycles. The predicted octanol–water partition coefficient (Wildman–Crippen LogP) is 3.39. The summed E-state index contributed by atoms with van der Waals surface area (Å²) in [4.78, 5) is 6.89. The van der Waals surface area contributed by atoms with Gasteiger partial charge >= 0.3 is 0 Å². The Kier molecular flexibility index (Phi) is 5.78. The maximum atomic E-state index is 12.9. The fraction of sp³-hybridized carbons (Fsp3) is 0.350. The second-order valence-corrected chi connectivity index (χ2v) is 9.18. The maximum Gasteiger partial charge on any atom is 0.243 e. The summed E-state index contributed by atoms with van der Waals surface area (Å²) in [6, 6.07) is 11.9. The van der Waals surface area contributed by atoms with Gasteiger partial charge in [-0.15, -0.1) is 0 Å². The van der Waals surface area contributed by atoms with Crippen LogP contribution in [-0.4, -0.2) is 55.4 Å². The molecule has 1 aliphatic rings. The number of sulfonamides is 1. The van der Waals surface area contributed by atoms with E-state index in [4.69, 9.17) is 20.8 Å². The topological polar surface area (TPSA) is 75.9 Å². The van der Waals surface area contributed by atoms with Gasteiger partial charge in [-0.3, -0.25) is 4.90 Å². The summed E-state index contributed by atoms with van der Waals surface area (Å²) >= 11 is 5.99. The molecule has 2 heterocycles. The van der Waals surface area contributed by atoms with Crippen LogP contribution in [0.4, 0.5) is 0 Å². The molecule has 4 rings (SSSR count). The molecule has 9 heteroatoms. The lowest BCUT2D eigenvalue weighted by molar-refractivity contribution is 0.169. The zero-order chi connectivity index (χ0) is 20.4. The lowest BCUT2D eigenvalue weighted by atomic mass is 10.3. The van der Waals surface area contributed by atoms with Gasteiger partial charge in [0.05, 0.1) is 18.0 Å². The summed E-state index contributed by atoms with van der Waals surface area (Å²) in [6.45, 7) is 5.01. The molecule has 0 unspecified atom stereocenters. The second-order valence-electron chi connectivity index (χ2n) is 6.80. The largest absolute Gasteiger partial charge is 0.494 e. The average molecular weight is 436 g/mol. The third-order valence-electron chi connectivity index (χ3n) is 4.86. The third kappa shape index (κ3) is 4.40. The molecule has 0 spiro atoms. The van der Waals surface area contributed by atoms with Crippen molar-refractivity contribution in [1.29, 1.82) is 0 Å². The van der Waals surface area contributed by atoms with E-state index in [-0.39, 0.29) is 4.90 Å². The van der Waals surface area contributed by atoms with E-state index in [2.05, 4.69) is 9.88 Å². The molecule has 0 amide bonds. The number of hydrogen-bond acceptors (Lipinski definition) is 6. The van der Waals surface area contributed by atoms with Gasteiger partial charge in [0, 0.05) is 37.3 Å². The third-order valence-corrected chi connectivity index (χ3v) is 7.01. The standard InChI is InChI=1S/C20H22ClN3O4S/c1-2-27-16-4-6-17(7-5-16)29(25,26)24-11-9-23(10-12-24)14-20-22-18-8-3-15(21)13-19(18)28-20/h3-8,13H,2,9-12,14H2,1H3. The van der Waals surface area contributed by atoms with Crippen LogP contribution in [0.5, 0.6) is 5.75 Å². The van der Waals surface area contributed by atoms with E-state index >= 15 is 0 Å². The van der Waals surface area contributed by atoms with E-state index in [1.54, 1.807) is 36.4 Å². The lowest BCUT2D eigenvalue weighted by Crippen LogP contribution is -2.48. The molecule has 3 aromatic rings. The van der Waals surface area contributed by atoms with Gasteiger partial charge in [-0.05, 0) is 43.3 Å². The first kappa shape index (κ1) is 20.2. The van der Waals surface area contributed by atoms with E-state index in [9.17, 15) is 8.42 Å². The Morgan fingerprint density at radius 3 is 2.52 bits per heavy atom.